The van der Waals surface area contributed by atoms with E-state index in [0.29, 0.717) is 10.7 Å². The molecule has 0 aliphatic carbocycles. The third-order valence-corrected chi connectivity index (χ3v) is 6.79. The van der Waals surface area contributed by atoms with E-state index in [0.717, 1.165) is 34.6 Å². The van der Waals surface area contributed by atoms with Crippen molar-refractivity contribution in [3.8, 4) is 6.07 Å². The van der Waals surface area contributed by atoms with E-state index in [-0.39, 0.29) is 11.0 Å². The topological polar surface area (TPSA) is 39.4 Å². The lowest BCUT2D eigenvalue weighted by Crippen LogP contribution is -2.22. The van der Waals surface area contributed by atoms with E-state index in [2.05, 4.69) is 43.6 Å². The molecule has 0 unspecified atom stereocenters. The van der Waals surface area contributed by atoms with Gasteiger partial charge in [0.2, 0.25) is 0 Å². The Labute approximate surface area is 203 Å². The molecule has 3 nitrogen and oxygen atoms in total. The summed E-state index contributed by atoms with van der Waals surface area (Å²) in [5.41, 5.74) is 5.09. The van der Waals surface area contributed by atoms with Gasteiger partial charge in [0.05, 0.1) is 23.6 Å². The number of aryl methyl sites for hydroxylation is 2. The minimum atomic E-state index is -4.22. The van der Waals surface area contributed by atoms with Crippen LogP contribution in [0.3, 0.4) is 0 Å². The van der Waals surface area contributed by atoms with E-state index in [1.165, 1.54) is 29.5 Å². The van der Waals surface area contributed by atoms with Crippen LogP contribution in [0, 0.1) is 30.6 Å². The number of aliphatic imine (C=N–C) groups is 1. The van der Waals surface area contributed by atoms with Crippen molar-refractivity contribution in [3.05, 3.63) is 83.3 Å². The molecule has 0 atom stereocenters. The van der Waals surface area contributed by atoms with Crippen LogP contribution < -0.4 is 4.90 Å². The number of anilines is 1. The molecule has 0 amide bonds. The molecule has 1 aliphatic heterocycles. The number of benzene rings is 2. The van der Waals surface area contributed by atoms with E-state index in [1.807, 2.05) is 24.9 Å². The Morgan fingerprint density at radius 1 is 1.09 bits per heavy atom. The number of hydrogen-bond donors (Lipinski definition) is 0. The number of nitrogens with zero attached hydrogens (tertiary/aromatic N) is 3. The molecule has 2 aromatic carbocycles. The van der Waals surface area contributed by atoms with Gasteiger partial charge in [-0.1, -0.05) is 30.5 Å². The number of hydrogen-bond acceptors (Lipinski definition) is 4. The number of rotatable bonds is 6. The number of thioether (sulfide) groups is 1. The third-order valence-electron chi connectivity index (χ3n) is 5.75. The van der Waals surface area contributed by atoms with Crippen molar-refractivity contribution in [1.29, 1.82) is 5.26 Å². The van der Waals surface area contributed by atoms with Crippen LogP contribution in [0.4, 0.5) is 18.9 Å². The second-order valence-corrected chi connectivity index (χ2v) is 10.2. The van der Waals surface area contributed by atoms with Gasteiger partial charge in [-0.3, -0.25) is 0 Å². The zero-order valence-electron chi connectivity index (χ0n) is 19.8. The molecule has 0 aromatic heterocycles. The smallest absolute Gasteiger partial charge is 0.314 e. The van der Waals surface area contributed by atoms with Crippen LogP contribution in [0.15, 0.2) is 71.0 Å². The highest BCUT2D eigenvalue weighted by molar-refractivity contribution is 8.14. The second-order valence-electron chi connectivity index (χ2n) is 9.14. The van der Waals surface area contributed by atoms with Crippen molar-refractivity contribution in [3.63, 3.8) is 0 Å². The maximum Gasteiger partial charge on any atom is 0.393 e. The maximum atomic E-state index is 12.6. The van der Waals surface area contributed by atoms with Gasteiger partial charge in [-0.15, -0.1) is 0 Å². The normalized spacial score (nSPS) is 14.2. The fourth-order valence-electron chi connectivity index (χ4n) is 3.78. The summed E-state index contributed by atoms with van der Waals surface area (Å²) in [5, 5.41) is 9.99. The van der Waals surface area contributed by atoms with E-state index in [4.69, 9.17) is 0 Å². The lowest BCUT2D eigenvalue weighted by atomic mass is 9.86. The summed E-state index contributed by atoms with van der Waals surface area (Å²) in [6.45, 7) is 12.3. The average Bonchev–Trinajstić information content (AvgIpc) is 2.75. The predicted molar refractivity (Wildman–Crippen MR) is 134 cm³/mol. The molecule has 1 heterocycles. The van der Waals surface area contributed by atoms with Crippen LogP contribution in [0.1, 0.15) is 42.5 Å². The Morgan fingerprint density at radius 3 is 2.26 bits per heavy atom. The standard InChI is InChI=1S/C27H28F3N3S/c1-18-14-22(15-19(2)24(18)10-11-26(4,5)17-31)33-13-12-32-25(20(33)3)34-23-8-6-21(7-9-23)16-27(28,29)30/h6-9,12-15H,3,10-11,16H2,1-2,4-5H3. The van der Waals surface area contributed by atoms with Gasteiger partial charge in [-0.25, -0.2) is 4.99 Å². The van der Waals surface area contributed by atoms with Crippen LogP contribution in [0.5, 0.6) is 0 Å². The molecule has 0 saturated heterocycles. The predicted octanol–water partition coefficient (Wildman–Crippen LogP) is 7.89. The molecule has 0 N–H and O–H groups in total. The Morgan fingerprint density at radius 2 is 1.71 bits per heavy atom. The van der Waals surface area contributed by atoms with Crippen LogP contribution >= 0.6 is 11.8 Å². The number of alkyl halides is 3. The van der Waals surface area contributed by atoms with Crippen molar-refractivity contribution in [2.24, 2.45) is 10.4 Å². The van der Waals surface area contributed by atoms with Gasteiger partial charge >= 0.3 is 6.18 Å². The highest BCUT2D eigenvalue weighted by atomic mass is 32.2. The summed E-state index contributed by atoms with van der Waals surface area (Å²) in [7, 11) is 0. The zero-order valence-corrected chi connectivity index (χ0v) is 20.6. The quantitative estimate of drug-likeness (QED) is 0.419. The minimum absolute atomic E-state index is 0.229. The first-order valence-corrected chi connectivity index (χ1v) is 11.8. The van der Waals surface area contributed by atoms with Crippen molar-refractivity contribution < 1.29 is 13.2 Å². The summed E-state index contributed by atoms with van der Waals surface area (Å²) in [6, 6.07) is 12.9. The molecule has 0 saturated carbocycles. The highest BCUT2D eigenvalue weighted by Crippen LogP contribution is 2.34. The SMILES string of the molecule is C=C1C(Sc2ccc(CC(F)(F)F)cc2)=NC=CN1c1cc(C)c(CCC(C)(C)C#N)c(C)c1. The number of halogens is 3. The Balaban J connectivity index is 1.74. The van der Waals surface area contributed by atoms with Gasteiger partial charge in [-0.2, -0.15) is 18.4 Å². The largest absolute Gasteiger partial charge is 0.393 e. The van der Waals surface area contributed by atoms with Crippen LogP contribution in [0.2, 0.25) is 0 Å². The van der Waals surface area contributed by atoms with Gasteiger partial charge in [-0.05, 0) is 87.1 Å². The third kappa shape index (κ3) is 6.54. The highest BCUT2D eigenvalue weighted by Gasteiger charge is 2.27. The molecule has 0 fully saturated rings. The summed E-state index contributed by atoms with van der Waals surface area (Å²) < 4.78 is 37.8. The molecule has 34 heavy (non-hydrogen) atoms. The van der Waals surface area contributed by atoms with E-state index >= 15 is 0 Å². The minimum Gasteiger partial charge on any atom is -0.314 e. The van der Waals surface area contributed by atoms with Crippen molar-refractivity contribution in [2.75, 3.05) is 4.90 Å². The first-order chi connectivity index (χ1) is 15.9. The molecular formula is C27H28F3N3S. The number of nitriles is 1. The molecule has 0 radical (unpaired) electrons. The molecule has 0 bridgehead atoms. The molecule has 0 spiro atoms. The second kappa shape index (κ2) is 10.1. The van der Waals surface area contributed by atoms with Crippen LogP contribution in [-0.4, -0.2) is 11.2 Å². The van der Waals surface area contributed by atoms with Crippen molar-refractivity contribution in [2.45, 2.75) is 58.0 Å². The molecule has 7 heteroatoms. The molecular weight excluding hydrogens is 455 g/mol. The van der Waals surface area contributed by atoms with Gasteiger partial charge in [0, 0.05) is 23.0 Å². The summed E-state index contributed by atoms with van der Waals surface area (Å²) in [6.07, 6.45) is 0.0110. The van der Waals surface area contributed by atoms with Crippen LogP contribution in [0.25, 0.3) is 0 Å². The summed E-state index contributed by atoms with van der Waals surface area (Å²) in [5.74, 6) is 0. The molecule has 3 rings (SSSR count). The Kier molecular flexibility index (Phi) is 7.62. The van der Waals surface area contributed by atoms with Gasteiger partial charge in [0.15, 0.2) is 0 Å². The monoisotopic (exact) mass is 483 g/mol. The van der Waals surface area contributed by atoms with Gasteiger partial charge in [0.25, 0.3) is 0 Å². The fourth-order valence-corrected chi connectivity index (χ4v) is 4.60. The summed E-state index contributed by atoms with van der Waals surface area (Å²) in [4.78, 5) is 7.20. The first kappa shape index (κ1) is 25.6. The molecule has 178 valence electrons. The van der Waals surface area contributed by atoms with E-state index < -0.39 is 12.6 Å². The Hall–Kier alpha value is -2.98. The van der Waals surface area contributed by atoms with Crippen LogP contribution in [-0.2, 0) is 12.8 Å². The van der Waals surface area contributed by atoms with Gasteiger partial charge < -0.3 is 4.90 Å². The fraction of sp³-hybridized carbons (Fsp3) is 0.333. The lowest BCUT2D eigenvalue weighted by molar-refractivity contribution is -0.127. The van der Waals surface area contributed by atoms with Crippen molar-refractivity contribution in [1.82, 2.24) is 0 Å². The molecule has 1 aliphatic rings. The summed E-state index contributed by atoms with van der Waals surface area (Å²) >= 11 is 1.37. The zero-order chi connectivity index (χ0) is 25.1. The van der Waals surface area contributed by atoms with E-state index in [1.54, 1.807) is 18.3 Å². The van der Waals surface area contributed by atoms with Crippen molar-refractivity contribution >= 4 is 22.5 Å². The Bertz CT molecular complexity index is 1150. The van der Waals surface area contributed by atoms with E-state index in [9.17, 15) is 18.4 Å². The average molecular weight is 484 g/mol. The maximum absolute atomic E-state index is 12.6. The van der Waals surface area contributed by atoms with Gasteiger partial charge in [0.1, 0.15) is 5.04 Å². The first-order valence-electron chi connectivity index (χ1n) is 11.0. The molecule has 2 aromatic rings. The lowest BCUT2D eigenvalue weighted by Gasteiger charge is -2.27.